The summed E-state index contributed by atoms with van der Waals surface area (Å²) in [5, 5.41) is 13.2. The highest BCUT2D eigenvalue weighted by atomic mass is 16.5. The number of rotatable bonds is 7. The number of fused-ring (bicyclic) bond motifs is 7. The van der Waals surface area contributed by atoms with Crippen LogP contribution in [0.15, 0.2) is 0 Å². The van der Waals surface area contributed by atoms with E-state index in [9.17, 15) is 19.5 Å². The van der Waals surface area contributed by atoms with Crippen molar-refractivity contribution in [1.29, 1.82) is 0 Å². The Morgan fingerprint density at radius 3 is 2.15 bits per heavy atom. The molecule has 8 fully saturated rings. The summed E-state index contributed by atoms with van der Waals surface area (Å²) >= 11 is 0. The van der Waals surface area contributed by atoms with Gasteiger partial charge in [0.1, 0.15) is 6.10 Å². The van der Waals surface area contributed by atoms with Gasteiger partial charge in [0.25, 0.3) is 0 Å². The lowest BCUT2D eigenvalue weighted by molar-refractivity contribution is -0.206. The number of carbonyl (C=O) groups excluding carboxylic acids is 2. The Morgan fingerprint density at radius 1 is 0.750 bits per heavy atom. The van der Waals surface area contributed by atoms with Crippen LogP contribution in [0.1, 0.15) is 137 Å². The number of hydrogen-bond acceptors (Lipinski definition) is 5. The number of ether oxygens (including phenoxy) is 1. The molecule has 13 atom stereocenters. The van der Waals surface area contributed by atoms with Crippen LogP contribution in [0.3, 0.4) is 0 Å². The highest BCUT2D eigenvalue weighted by Gasteiger charge is 2.66. The summed E-state index contributed by atoms with van der Waals surface area (Å²) in [5.74, 6) is 2.18. The van der Waals surface area contributed by atoms with Crippen molar-refractivity contribution in [2.24, 2.45) is 69.5 Å². The van der Waals surface area contributed by atoms with Crippen LogP contribution < -0.4 is 5.32 Å². The molecule has 7 saturated carbocycles. The topological polar surface area (TPSA) is 95.9 Å². The van der Waals surface area contributed by atoms with Crippen LogP contribution in [0, 0.1) is 69.5 Å². The molecule has 0 spiro atoms. The molecular formula is C41H64N2O5. The molecule has 1 amide bonds. The third-order valence-electron chi connectivity index (χ3n) is 17.6. The average molecular weight is 665 g/mol. The van der Waals surface area contributed by atoms with E-state index >= 15 is 0 Å². The summed E-state index contributed by atoms with van der Waals surface area (Å²) in [4.78, 5) is 41.8. The van der Waals surface area contributed by atoms with Crippen molar-refractivity contribution in [3.8, 4) is 0 Å². The minimum Gasteiger partial charge on any atom is -0.481 e. The van der Waals surface area contributed by atoms with Crippen LogP contribution in [0.25, 0.3) is 0 Å². The van der Waals surface area contributed by atoms with Crippen LogP contribution >= 0.6 is 0 Å². The molecule has 1 heterocycles. The van der Waals surface area contributed by atoms with Crippen molar-refractivity contribution in [1.82, 2.24) is 10.2 Å². The van der Waals surface area contributed by atoms with Crippen LogP contribution in [-0.2, 0) is 19.1 Å². The van der Waals surface area contributed by atoms with Crippen molar-refractivity contribution < 1.29 is 24.2 Å². The van der Waals surface area contributed by atoms with Crippen LogP contribution in [-0.4, -0.2) is 59.1 Å². The van der Waals surface area contributed by atoms with E-state index in [1.807, 2.05) is 6.92 Å². The maximum atomic E-state index is 14.5. The second kappa shape index (κ2) is 12.0. The first-order chi connectivity index (χ1) is 22.9. The highest BCUT2D eigenvalue weighted by molar-refractivity contribution is 5.84. The predicted molar refractivity (Wildman–Crippen MR) is 185 cm³/mol. The normalized spacial score (nSPS) is 49.2. The lowest BCUT2D eigenvalue weighted by atomic mass is 9.37. The van der Waals surface area contributed by atoms with E-state index in [2.05, 4.69) is 31.0 Å². The van der Waals surface area contributed by atoms with E-state index in [1.165, 1.54) is 77.3 Å². The molecular weight excluding hydrogens is 600 g/mol. The third-order valence-corrected chi connectivity index (χ3v) is 17.6. The van der Waals surface area contributed by atoms with Gasteiger partial charge >= 0.3 is 11.9 Å². The smallest absolute Gasteiger partial charge is 0.309 e. The second-order valence-electron chi connectivity index (χ2n) is 19.3. The summed E-state index contributed by atoms with van der Waals surface area (Å²) in [7, 11) is 0. The quantitative estimate of drug-likeness (QED) is 0.274. The predicted octanol–water partition coefficient (Wildman–Crippen LogP) is 7.46. The largest absolute Gasteiger partial charge is 0.481 e. The molecule has 0 aromatic rings. The van der Waals surface area contributed by atoms with Gasteiger partial charge in [0.15, 0.2) is 0 Å². The molecule has 0 aromatic heterocycles. The Hall–Kier alpha value is -1.63. The third kappa shape index (κ3) is 4.99. The Morgan fingerprint density at radius 2 is 1.46 bits per heavy atom. The number of hydrogen-bond donors (Lipinski definition) is 2. The first-order valence-electron chi connectivity index (χ1n) is 20.4. The van der Waals surface area contributed by atoms with Crippen molar-refractivity contribution in [3.05, 3.63) is 0 Å². The fraction of sp³-hybridized carbons (Fsp3) is 0.927. The molecule has 0 bridgehead atoms. The number of nitrogens with one attached hydrogen (secondary N) is 1. The van der Waals surface area contributed by atoms with Gasteiger partial charge in [0.05, 0.1) is 22.8 Å². The van der Waals surface area contributed by atoms with Gasteiger partial charge in [-0.05, 0) is 168 Å². The molecule has 8 rings (SSSR count). The van der Waals surface area contributed by atoms with Gasteiger partial charge in [0.2, 0.25) is 5.91 Å². The number of likely N-dealkylation sites (tertiary alicyclic amines) is 1. The van der Waals surface area contributed by atoms with E-state index in [4.69, 9.17) is 4.74 Å². The van der Waals surface area contributed by atoms with Crippen LogP contribution in [0.2, 0.25) is 0 Å². The lowest BCUT2D eigenvalue weighted by Crippen LogP contribution is -2.65. The zero-order chi connectivity index (χ0) is 33.6. The van der Waals surface area contributed by atoms with Crippen LogP contribution in [0.5, 0.6) is 0 Å². The van der Waals surface area contributed by atoms with E-state index < -0.39 is 11.9 Å². The van der Waals surface area contributed by atoms with E-state index in [1.54, 1.807) is 0 Å². The van der Waals surface area contributed by atoms with E-state index in [0.717, 1.165) is 45.1 Å². The Labute approximate surface area is 289 Å². The van der Waals surface area contributed by atoms with Gasteiger partial charge in [-0.2, -0.15) is 0 Å². The summed E-state index contributed by atoms with van der Waals surface area (Å²) in [5.41, 5.74) is 0.461. The Kier molecular flexibility index (Phi) is 8.36. The zero-order valence-electron chi connectivity index (χ0n) is 30.4. The molecule has 1 aliphatic heterocycles. The second-order valence-corrected chi connectivity index (χ2v) is 19.3. The molecule has 7 heteroatoms. The van der Waals surface area contributed by atoms with Crippen molar-refractivity contribution in [2.45, 2.75) is 148 Å². The molecule has 268 valence electrons. The minimum atomic E-state index is -0.789. The van der Waals surface area contributed by atoms with E-state index in [0.29, 0.717) is 53.3 Å². The average Bonchev–Trinajstić information content (AvgIpc) is 3.71. The van der Waals surface area contributed by atoms with Gasteiger partial charge in [-0.3, -0.25) is 14.4 Å². The molecule has 7 nitrogen and oxygen atoms in total. The number of nitrogens with zero attached hydrogens (tertiary/aromatic N) is 1. The van der Waals surface area contributed by atoms with Gasteiger partial charge in [-0.15, -0.1) is 0 Å². The summed E-state index contributed by atoms with van der Waals surface area (Å²) in [6.07, 6.45) is 19.5. The molecule has 7 aliphatic carbocycles. The van der Waals surface area contributed by atoms with E-state index in [-0.39, 0.29) is 40.3 Å². The molecule has 2 N–H and O–H groups in total. The number of esters is 1. The Balaban J connectivity index is 0.946. The summed E-state index contributed by atoms with van der Waals surface area (Å²) in [6.45, 7) is 12.9. The monoisotopic (exact) mass is 664 g/mol. The minimum absolute atomic E-state index is 0.0255. The van der Waals surface area contributed by atoms with Crippen molar-refractivity contribution in [3.63, 3.8) is 0 Å². The summed E-state index contributed by atoms with van der Waals surface area (Å²) in [6, 6.07) is 0. The fourth-order valence-electron chi connectivity index (χ4n) is 14.7. The number of amides is 1. The van der Waals surface area contributed by atoms with Crippen LogP contribution in [0.4, 0.5) is 0 Å². The highest BCUT2D eigenvalue weighted by Crippen LogP contribution is 2.72. The first-order valence-corrected chi connectivity index (χ1v) is 20.4. The lowest BCUT2D eigenvalue weighted by Gasteiger charge is -2.67. The summed E-state index contributed by atoms with van der Waals surface area (Å²) < 4.78 is 6.24. The van der Waals surface area contributed by atoms with Gasteiger partial charge < -0.3 is 20.1 Å². The molecule has 0 aromatic carbocycles. The molecule has 13 unspecified atom stereocenters. The molecule has 1 saturated heterocycles. The molecule has 8 aliphatic rings. The standard InChI is InChI=1S/C41H64N2O5/c1-25-28(35(44)45)23-29(25)36(46)48-33-14-19-38(3)30(26(33)2)12-18-39(4)31-13-20-41(17-7-9-32(41)27(31)10-11-34(38)39)37(47)42-40(15-8-16-40)24-43-21-5-6-22-43/h25-34H,5-24H2,1-4H3,(H,42,47)(H,44,45). The number of carboxylic acids is 1. The van der Waals surface area contributed by atoms with Crippen molar-refractivity contribution in [2.75, 3.05) is 19.6 Å². The zero-order valence-corrected chi connectivity index (χ0v) is 30.4. The van der Waals surface area contributed by atoms with Gasteiger partial charge in [-0.1, -0.05) is 34.1 Å². The molecule has 0 radical (unpaired) electrons. The number of aliphatic carboxylic acids is 1. The number of carboxylic acid groups (broad SMARTS) is 1. The Bertz CT molecular complexity index is 1290. The maximum absolute atomic E-state index is 14.5. The molecule has 48 heavy (non-hydrogen) atoms. The maximum Gasteiger partial charge on any atom is 0.309 e. The van der Waals surface area contributed by atoms with Gasteiger partial charge in [-0.25, -0.2) is 0 Å². The number of carbonyl (C=O) groups is 3. The first kappa shape index (κ1) is 33.5. The SMILES string of the molecule is CC1C(C(=O)O)CC1C(=O)OC1CCC2(C)C(CCC3(C)C4CCC5(C(=O)NC6(CN7CCCC7)CCC6)CCCC5C4CCC23)C1C. The van der Waals surface area contributed by atoms with Crippen molar-refractivity contribution >= 4 is 17.8 Å². The fourth-order valence-corrected chi connectivity index (χ4v) is 14.7. The van der Waals surface area contributed by atoms with Gasteiger partial charge in [0, 0.05) is 6.54 Å².